The molecule has 0 spiro atoms. The average molecular weight is 329 g/mol. The molecular formula is C18H25N4O2+. The van der Waals surface area contributed by atoms with Crippen LogP contribution in [0.3, 0.4) is 0 Å². The van der Waals surface area contributed by atoms with Crippen molar-refractivity contribution in [2.75, 3.05) is 19.7 Å². The number of rotatable bonds is 4. The number of ether oxygens (including phenoxy) is 1. The summed E-state index contributed by atoms with van der Waals surface area (Å²) in [4.78, 5) is 20.0. The molecule has 1 saturated heterocycles. The third kappa shape index (κ3) is 4.00. The molecule has 2 aliphatic rings. The smallest absolute Gasteiger partial charge is 0.282 e. The fourth-order valence-corrected chi connectivity index (χ4v) is 3.18. The summed E-state index contributed by atoms with van der Waals surface area (Å²) in [6.45, 7) is 4.41. The standard InChI is InChI=1S/C18H24N4O2/c1-2-24-16-6-4-3-5-14(16)15-11-17(21-12-20-15)22-18(23)13-7-9-19-10-8-13/h3-6,12-13,15,19H,2,7-11H2,1H3,(H,20,21,22,23)/p+1. The lowest BCUT2D eigenvalue weighted by Crippen LogP contribution is -2.73. The van der Waals surface area contributed by atoms with Gasteiger partial charge in [-0.1, -0.05) is 18.2 Å². The van der Waals surface area contributed by atoms with Crippen molar-refractivity contribution >= 4 is 18.1 Å². The van der Waals surface area contributed by atoms with Crippen molar-refractivity contribution in [1.29, 1.82) is 0 Å². The predicted octanol–water partition coefficient (Wildman–Crippen LogP) is 0.153. The lowest BCUT2D eigenvalue weighted by molar-refractivity contribution is -0.505. The summed E-state index contributed by atoms with van der Waals surface area (Å²) in [7, 11) is 0. The maximum absolute atomic E-state index is 12.4. The quantitative estimate of drug-likeness (QED) is 0.736. The van der Waals surface area contributed by atoms with Crippen molar-refractivity contribution in [2.45, 2.75) is 32.2 Å². The zero-order valence-corrected chi connectivity index (χ0v) is 14.0. The number of carbonyl (C=O) groups excluding carboxylic acids is 1. The molecule has 6 nitrogen and oxygen atoms in total. The first-order valence-electron chi connectivity index (χ1n) is 8.65. The predicted molar refractivity (Wildman–Crippen MR) is 93.2 cm³/mol. The molecule has 24 heavy (non-hydrogen) atoms. The number of carbonyl (C=O) groups is 1. The zero-order chi connectivity index (χ0) is 16.8. The van der Waals surface area contributed by atoms with E-state index in [-0.39, 0.29) is 17.9 Å². The molecule has 1 unspecified atom stereocenters. The van der Waals surface area contributed by atoms with Crippen LogP contribution in [0.2, 0.25) is 0 Å². The molecule has 0 aromatic heterocycles. The molecule has 0 bridgehead atoms. The van der Waals surface area contributed by atoms with Crippen LogP contribution in [0.1, 0.15) is 37.8 Å². The number of para-hydroxylation sites is 1. The van der Waals surface area contributed by atoms with Crippen LogP contribution in [0, 0.1) is 5.92 Å². The first kappa shape index (κ1) is 16.6. The molecule has 1 amide bonds. The Morgan fingerprint density at radius 3 is 2.96 bits per heavy atom. The number of hydrogen-bond acceptors (Lipinski definition) is 4. The number of nitrogens with zero attached hydrogens (tertiary/aromatic N) is 1. The minimum Gasteiger partial charge on any atom is -0.493 e. The monoisotopic (exact) mass is 329 g/mol. The van der Waals surface area contributed by atoms with Crippen molar-refractivity contribution < 1.29 is 14.5 Å². The van der Waals surface area contributed by atoms with Gasteiger partial charge in [0.05, 0.1) is 13.0 Å². The fraction of sp³-hybridized carbons (Fsp3) is 0.500. The summed E-state index contributed by atoms with van der Waals surface area (Å²) in [5.41, 5.74) is 1.08. The molecule has 128 valence electrons. The molecule has 0 radical (unpaired) electrons. The van der Waals surface area contributed by atoms with Crippen molar-refractivity contribution in [1.82, 2.24) is 10.6 Å². The Labute approximate surface area is 142 Å². The molecule has 3 N–H and O–H groups in total. The van der Waals surface area contributed by atoms with E-state index in [9.17, 15) is 4.79 Å². The Balaban J connectivity index is 1.65. The number of hydrogen-bond donors (Lipinski definition) is 3. The van der Waals surface area contributed by atoms with Gasteiger partial charge in [-0.2, -0.15) is 0 Å². The Hall–Kier alpha value is -2.21. The first-order valence-corrected chi connectivity index (χ1v) is 8.65. The third-order valence-electron chi connectivity index (χ3n) is 4.47. The van der Waals surface area contributed by atoms with Gasteiger partial charge in [0, 0.05) is 11.5 Å². The maximum Gasteiger partial charge on any atom is 0.282 e. The summed E-state index contributed by atoms with van der Waals surface area (Å²) in [6, 6.07) is 8.04. The van der Waals surface area contributed by atoms with Crippen LogP contribution in [0.5, 0.6) is 5.75 Å². The molecule has 1 atom stereocenters. The van der Waals surface area contributed by atoms with Crippen LogP contribution in [0.4, 0.5) is 0 Å². The minimum atomic E-state index is 0.0496. The van der Waals surface area contributed by atoms with Gasteiger partial charge in [-0.15, -0.1) is 0 Å². The van der Waals surface area contributed by atoms with E-state index in [0.717, 1.165) is 37.2 Å². The highest BCUT2D eigenvalue weighted by atomic mass is 16.5. The van der Waals surface area contributed by atoms with Gasteiger partial charge in [0.1, 0.15) is 11.8 Å². The van der Waals surface area contributed by atoms with Crippen LogP contribution >= 0.6 is 0 Å². The van der Waals surface area contributed by atoms with Crippen molar-refractivity contribution in [3.63, 3.8) is 0 Å². The number of benzene rings is 1. The molecule has 0 aliphatic carbocycles. The maximum atomic E-state index is 12.4. The van der Waals surface area contributed by atoms with Gasteiger partial charge >= 0.3 is 0 Å². The molecule has 0 saturated carbocycles. The Kier molecular flexibility index (Phi) is 5.59. The summed E-state index contributed by atoms with van der Waals surface area (Å²) < 4.78 is 5.71. The van der Waals surface area contributed by atoms with Gasteiger partial charge in [-0.25, -0.2) is 0 Å². The second kappa shape index (κ2) is 8.06. The van der Waals surface area contributed by atoms with E-state index >= 15 is 0 Å². The van der Waals surface area contributed by atoms with Gasteiger partial charge < -0.3 is 10.1 Å². The van der Waals surface area contributed by atoms with Crippen LogP contribution in [-0.2, 0) is 4.79 Å². The lowest BCUT2D eigenvalue weighted by atomic mass is 9.96. The molecule has 1 fully saturated rings. The molecule has 2 heterocycles. The molecule has 3 rings (SSSR count). The van der Waals surface area contributed by atoms with E-state index < -0.39 is 0 Å². The highest BCUT2D eigenvalue weighted by molar-refractivity contribution is 6.01. The number of nitrogens with one attached hydrogen (secondary N) is 3. The number of piperidine rings is 1. The van der Waals surface area contributed by atoms with E-state index in [1.807, 2.05) is 31.2 Å². The second-order valence-corrected chi connectivity index (χ2v) is 6.11. The molecular weight excluding hydrogens is 304 g/mol. The van der Waals surface area contributed by atoms with Crippen molar-refractivity contribution in [3.05, 3.63) is 29.8 Å². The highest BCUT2D eigenvalue weighted by Crippen LogP contribution is 2.25. The van der Waals surface area contributed by atoms with Gasteiger partial charge in [0.15, 0.2) is 0 Å². The normalized spacial score (nSPS) is 21.2. The van der Waals surface area contributed by atoms with Crippen LogP contribution in [0.15, 0.2) is 29.3 Å². The molecule has 1 aromatic rings. The summed E-state index contributed by atoms with van der Waals surface area (Å²) in [5, 5.41) is 6.29. The van der Waals surface area contributed by atoms with Gasteiger partial charge in [-0.3, -0.25) is 15.1 Å². The van der Waals surface area contributed by atoms with E-state index in [4.69, 9.17) is 4.74 Å². The first-order chi connectivity index (χ1) is 11.8. The molecule has 6 heteroatoms. The molecule has 2 aliphatic heterocycles. The van der Waals surface area contributed by atoms with E-state index in [0.29, 0.717) is 18.9 Å². The second-order valence-electron chi connectivity index (χ2n) is 6.11. The van der Waals surface area contributed by atoms with E-state index in [1.54, 1.807) is 6.34 Å². The van der Waals surface area contributed by atoms with Gasteiger partial charge in [-0.05, 0) is 43.9 Å². The van der Waals surface area contributed by atoms with Crippen LogP contribution < -0.4 is 20.4 Å². The van der Waals surface area contributed by atoms with Gasteiger partial charge in [0.2, 0.25) is 11.7 Å². The Morgan fingerprint density at radius 2 is 2.17 bits per heavy atom. The third-order valence-corrected chi connectivity index (χ3v) is 4.47. The Morgan fingerprint density at radius 1 is 1.38 bits per heavy atom. The summed E-state index contributed by atoms with van der Waals surface area (Å²) in [5.74, 6) is 1.76. The van der Waals surface area contributed by atoms with Crippen molar-refractivity contribution in [2.24, 2.45) is 10.9 Å². The Bertz CT molecular complexity index is 636. The number of amidine groups is 1. The average Bonchev–Trinajstić information content (AvgIpc) is 2.63. The van der Waals surface area contributed by atoms with E-state index in [1.165, 1.54) is 0 Å². The van der Waals surface area contributed by atoms with Crippen LogP contribution in [0.25, 0.3) is 0 Å². The highest BCUT2D eigenvalue weighted by Gasteiger charge is 2.28. The topological polar surface area (TPSA) is 76.7 Å². The zero-order valence-electron chi connectivity index (χ0n) is 14.0. The summed E-state index contributed by atoms with van der Waals surface area (Å²) >= 11 is 0. The van der Waals surface area contributed by atoms with Crippen LogP contribution in [-0.4, -0.2) is 37.8 Å². The SMILES string of the molecule is CCOc1ccccc1C1CC(NC(=O)C2CCNCC2)=NC=[NH+]1. The molecule has 1 aromatic carbocycles. The summed E-state index contributed by atoms with van der Waals surface area (Å²) in [6.07, 6.45) is 4.07. The largest absolute Gasteiger partial charge is 0.493 e. The minimum absolute atomic E-state index is 0.0496. The van der Waals surface area contributed by atoms with Crippen molar-refractivity contribution in [3.8, 4) is 5.75 Å². The number of aliphatic imine (C=N–C) groups is 1. The van der Waals surface area contributed by atoms with Gasteiger partial charge in [0.25, 0.3) is 6.34 Å². The number of amides is 1. The van der Waals surface area contributed by atoms with E-state index in [2.05, 4.69) is 20.6 Å². The lowest BCUT2D eigenvalue weighted by Gasteiger charge is -2.22. The fourth-order valence-electron chi connectivity index (χ4n) is 3.18.